The van der Waals surface area contributed by atoms with E-state index in [2.05, 4.69) is 9.97 Å². The van der Waals surface area contributed by atoms with E-state index in [1.165, 1.54) is 18.6 Å². The van der Waals surface area contributed by atoms with Gasteiger partial charge in [0.05, 0.1) is 11.2 Å². The molecule has 1 aromatic rings. The van der Waals surface area contributed by atoms with Crippen molar-refractivity contribution in [2.45, 2.75) is 19.4 Å². The molecular formula is C10H14N4OS. The monoisotopic (exact) mass is 238 g/mol. The van der Waals surface area contributed by atoms with Gasteiger partial charge in [-0.3, -0.25) is 9.78 Å². The molecule has 1 aromatic heterocycles. The zero-order chi connectivity index (χ0) is 12.1. The first-order chi connectivity index (χ1) is 7.52. The number of thiocarbonyl (C=S) groups is 1. The van der Waals surface area contributed by atoms with E-state index >= 15 is 0 Å². The molecule has 0 aliphatic rings. The zero-order valence-electron chi connectivity index (χ0n) is 9.25. The molecule has 16 heavy (non-hydrogen) atoms. The largest absolute Gasteiger partial charge is 0.393 e. The molecular weight excluding hydrogens is 224 g/mol. The topological polar surface area (TPSA) is 72.1 Å². The second kappa shape index (κ2) is 5.50. The van der Waals surface area contributed by atoms with Crippen molar-refractivity contribution in [3.63, 3.8) is 0 Å². The maximum atomic E-state index is 11.9. The zero-order valence-corrected chi connectivity index (χ0v) is 10.1. The number of hydrogen-bond donors (Lipinski definition) is 1. The third kappa shape index (κ3) is 3.23. The van der Waals surface area contributed by atoms with Crippen LogP contribution in [0.5, 0.6) is 0 Å². The summed E-state index contributed by atoms with van der Waals surface area (Å²) in [6, 6.07) is -0.0491. The van der Waals surface area contributed by atoms with Crippen LogP contribution < -0.4 is 5.73 Å². The van der Waals surface area contributed by atoms with Gasteiger partial charge < -0.3 is 10.6 Å². The number of rotatable bonds is 4. The Labute approximate surface area is 99.7 Å². The van der Waals surface area contributed by atoms with Crippen LogP contribution in [0.3, 0.4) is 0 Å². The van der Waals surface area contributed by atoms with Gasteiger partial charge in [-0.1, -0.05) is 12.2 Å². The van der Waals surface area contributed by atoms with E-state index in [0.717, 1.165) is 0 Å². The van der Waals surface area contributed by atoms with Crippen molar-refractivity contribution in [3.05, 3.63) is 24.3 Å². The Morgan fingerprint density at radius 3 is 2.81 bits per heavy atom. The third-order valence-electron chi connectivity index (χ3n) is 2.26. The first-order valence-corrected chi connectivity index (χ1v) is 5.24. The summed E-state index contributed by atoms with van der Waals surface area (Å²) < 4.78 is 0. The number of carbonyl (C=O) groups excluding carboxylic acids is 1. The Hall–Kier alpha value is -1.56. The highest BCUT2D eigenvalue weighted by Gasteiger charge is 2.18. The predicted molar refractivity (Wildman–Crippen MR) is 65.0 cm³/mol. The van der Waals surface area contributed by atoms with Gasteiger partial charge in [0.1, 0.15) is 5.69 Å². The quantitative estimate of drug-likeness (QED) is 0.778. The number of nitrogens with two attached hydrogens (primary N) is 1. The lowest BCUT2D eigenvalue weighted by atomic mass is 10.2. The Balaban J connectivity index is 2.71. The molecule has 6 heteroatoms. The van der Waals surface area contributed by atoms with Crippen molar-refractivity contribution in [1.29, 1.82) is 0 Å². The van der Waals surface area contributed by atoms with E-state index in [-0.39, 0.29) is 11.9 Å². The van der Waals surface area contributed by atoms with Crippen molar-refractivity contribution in [2.24, 2.45) is 5.73 Å². The van der Waals surface area contributed by atoms with Crippen molar-refractivity contribution < 1.29 is 4.79 Å². The van der Waals surface area contributed by atoms with Crippen LogP contribution in [-0.4, -0.2) is 38.9 Å². The first kappa shape index (κ1) is 12.5. The Morgan fingerprint density at radius 2 is 2.31 bits per heavy atom. The lowest BCUT2D eigenvalue weighted by Gasteiger charge is -2.23. The average Bonchev–Trinajstić information content (AvgIpc) is 2.27. The summed E-state index contributed by atoms with van der Waals surface area (Å²) >= 11 is 4.81. The maximum Gasteiger partial charge on any atom is 0.274 e. The van der Waals surface area contributed by atoms with E-state index in [4.69, 9.17) is 18.0 Å². The predicted octanol–water partition coefficient (Wildman–Crippen LogP) is 0.613. The van der Waals surface area contributed by atoms with Crippen LogP contribution >= 0.6 is 12.2 Å². The van der Waals surface area contributed by atoms with Crippen LogP contribution in [0.15, 0.2) is 18.6 Å². The fourth-order valence-corrected chi connectivity index (χ4v) is 1.46. The normalized spacial score (nSPS) is 11.9. The summed E-state index contributed by atoms with van der Waals surface area (Å²) in [5.74, 6) is -0.183. The highest BCUT2D eigenvalue weighted by Crippen LogP contribution is 2.05. The summed E-state index contributed by atoms with van der Waals surface area (Å²) in [7, 11) is 1.69. The molecule has 0 fully saturated rings. The fourth-order valence-electron chi connectivity index (χ4n) is 1.22. The minimum Gasteiger partial charge on any atom is -0.393 e. The van der Waals surface area contributed by atoms with Gasteiger partial charge >= 0.3 is 0 Å². The van der Waals surface area contributed by atoms with E-state index in [1.807, 2.05) is 6.92 Å². The van der Waals surface area contributed by atoms with E-state index in [9.17, 15) is 4.79 Å². The third-order valence-corrected chi connectivity index (χ3v) is 2.43. The molecule has 1 rings (SSSR count). The van der Waals surface area contributed by atoms with E-state index in [1.54, 1.807) is 11.9 Å². The van der Waals surface area contributed by atoms with E-state index in [0.29, 0.717) is 17.1 Å². The van der Waals surface area contributed by atoms with Crippen LogP contribution in [0.25, 0.3) is 0 Å². The summed E-state index contributed by atoms with van der Waals surface area (Å²) in [6.45, 7) is 1.88. The fraction of sp³-hybridized carbons (Fsp3) is 0.400. The molecule has 0 aliphatic heterocycles. The highest BCUT2D eigenvalue weighted by atomic mass is 32.1. The van der Waals surface area contributed by atoms with Crippen LogP contribution in [0.4, 0.5) is 0 Å². The van der Waals surface area contributed by atoms with Crippen LogP contribution in [0, 0.1) is 0 Å². The second-order valence-corrected chi connectivity index (χ2v) is 4.05. The van der Waals surface area contributed by atoms with Gasteiger partial charge in [-0.2, -0.15) is 0 Å². The van der Waals surface area contributed by atoms with Gasteiger partial charge in [-0.05, 0) is 6.92 Å². The molecule has 0 aliphatic carbocycles. The molecule has 1 atom stereocenters. The minimum absolute atomic E-state index is 0.0491. The number of hydrogen-bond acceptors (Lipinski definition) is 4. The van der Waals surface area contributed by atoms with Gasteiger partial charge in [0.2, 0.25) is 0 Å². The van der Waals surface area contributed by atoms with Gasteiger partial charge in [-0.15, -0.1) is 0 Å². The SMILES string of the molecule is CC(CC(N)=S)N(C)C(=O)c1cnccn1. The number of nitrogens with zero attached hydrogens (tertiary/aromatic N) is 3. The van der Waals surface area contributed by atoms with Gasteiger partial charge in [0.25, 0.3) is 5.91 Å². The first-order valence-electron chi connectivity index (χ1n) is 4.84. The lowest BCUT2D eigenvalue weighted by Crippen LogP contribution is -2.37. The summed E-state index contributed by atoms with van der Waals surface area (Å²) in [5.41, 5.74) is 5.75. The molecule has 86 valence electrons. The van der Waals surface area contributed by atoms with E-state index < -0.39 is 0 Å². The second-order valence-electron chi connectivity index (χ2n) is 3.53. The Kier molecular flexibility index (Phi) is 4.30. The van der Waals surface area contributed by atoms with Crippen molar-refractivity contribution in [2.75, 3.05) is 7.05 Å². The molecule has 0 saturated heterocycles. The smallest absolute Gasteiger partial charge is 0.274 e. The standard InChI is InChI=1S/C10H14N4OS/c1-7(5-9(11)16)14(2)10(15)8-6-12-3-4-13-8/h3-4,6-7H,5H2,1-2H3,(H2,11,16). The number of carbonyl (C=O) groups is 1. The highest BCUT2D eigenvalue weighted by molar-refractivity contribution is 7.80. The lowest BCUT2D eigenvalue weighted by molar-refractivity contribution is 0.0741. The molecule has 2 N–H and O–H groups in total. The van der Waals surface area contributed by atoms with Crippen LogP contribution in [0.2, 0.25) is 0 Å². The van der Waals surface area contributed by atoms with Gasteiger partial charge in [0, 0.05) is 31.9 Å². The minimum atomic E-state index is -0.183. The summed E-state index contributed by atoms with van der Waals surface area (Å²) in [4.78, 5) is 21.7. The average molecular weight is 238 g/mol. The Bertz CT molecular complexity index is 382. The molecule has 0 radical (unpaired) electrons. The molecule has 5 nitrogen and oxygen atoms in total. The molecule has 0 bridgehead atoms. The van der Waals surface area contributed by atoms with Gasteiger partial charge in [-0.25, -0.2) is 4.98 Å². The molecule has 1 heterocycles. The molecule has 0 aromatic carbocycles. The number of aromatic nitrogens is 2. The van der Waals surface area contributed by atoms with Gasteiger partial charge in [0.15, 0.2) is 0 Å². The molecule has 1 amide bonds. The molecule has 0 spiro atoms. The summed E-state index contributed by atoms with van der Waals surface area (Å²) in [6.07, 6.45) is 4.94. The molecule has 1 unspecified atom stereocenters. The maximum absolute atomic E-state index is 11.9. The summed E-state index contributed by atoms with van der Waals surface area (Å²) in [5, 5.41) is 0. The van der Waals surface area contributed by atoms with Crippen molar-refractivity contribution in [3.8, 4) is 0 Å². The Morgan fingerprint density at radius 1 is 1.62 bits per heavy atom. The molecule has 0 saturated carbocycles. The van der Waals surface area contributed by atoms with Crippen LogP contribution in [-0.2, 0) is 0 Å². The van der Waals surface area contributed by atoms with Crippen molar-refractivity contribution in [1.82, 2.24) is 14.9 Å². The van der Waals surface area contributed by atoms with Crippen LogP contribution in [0.1, 0.15) is 23.8 Å². The van der Waals surface area contributed by atoms with Crippen molar-refractivity contribution >= 4 is 23.1 Å². The number of amides is 1.